The Kier molecular flexibility index (Phi) is 3.87. The molecule has 0 amide bonds. The van der Waals surface area contributed by atoms with E-state index in [1.807, 2.05) is 6.20 Å². The lowest BCUT2D eigenvalue weighted by atomic mass is 10.3. The van der Waals surface area contributed by atoms with Crippen molar-refractivity contribution in [1.82, 2.24) is 15.0 Å². The number of thiophene rings is 1. The van der Waals surface area contributed by atoms with Gasteiger partial charge >= 0.3 is 0 Å². The molecule has 0 bridgehead atoms. The number of aryl methyl sites for hydroxylation is 2. The van der Waals surface area contributed by atoms with Crippen molar-refractivity contribution in [2.45, 2.75) is 26.8 Å². The lowest BCUT2D eigenvalue weighted by molar-refractivity contribution is 1.07. The third-order valence-corrected chi connectivity index (χ3v) is 5.10. The maximum atomic E-state index is 5.97. The predicted octanol–water partition coefficient (Wildman–Crippen LogP) is 4.28. The first kappa shape index (κ1) is 13.7. The number of rotatable bonds is 4. The molecule has 4 nitrogen and oxygen atoms in total. The molecular formula is C13H13ClN4S2. The summed E-state index contributed by atoms with van der Waals surface area (Å²) >= 11 is 9.31. The minimum atomic E-state index is 0.273. The summed E-state index contributed by atoms with van der Waals surface area (Å²) in [6, 6.07) is 2.08. The third kappa shape index (κ3) is 2.77. The molecule has 104 valence electrons. The lowest BCUT2D eigenvalue weighted by Crippen LogP contribution is -2.02. The summed E-state index contributed by atoms with van der Waals surface area (Å²) in [4.78, 5) is 16.3. The van der Waals surface area contributed by atoms with E-state index in [9.17, 15) is 0 Å². The van der Waals surface area contributed by atoms with Gasteiger partial charge in [-0.15, -0.1) is 22.7 Å². The van der Waals surface area contributed by atoms with Gasteiger partial charge in [-0.2, -0.15) is 0 Å². The van der Waals surface area contributed by atoms with Gasteiger partial charge in [-0.05, 0) is 31.0 Å². The van der Waals surface area contributed by atoms with Crippen molar-refractivity contribution in [3.8, 4) is 0 Å². The fourth-order valence-electron chi connectivity index (χ4n) is 1.90. The van der Waals surface area contributed by atoms with Gasteiger partial charge in [0.15, 0.2) is 0 Å². The molecule has 0 aliphatic carbocycles. The number of nitrogens with zero attached hydrogens (tertiary/aromatic N) is 3. The number of thiazole rings is 1. The van der Waals surface area contributed by atoms with Gasteiger partial charge < -0.3 is 5.32 Å². The molecule has 0 saturated carbocycles. The van der Waals surface area contributed by atoms with Crippen LogP contribution < -0.4 is 5.32 Å². The molecule has 3 rings (SSSR count). The molecule has 0 spiro atoms. The van der Waals surface area contributed by atoms with Crippen LogP contribution in [0.3, 0.4) is 0 Å². The Morgan fingerprint density at radius 1 is 1.30 bits per heavy atom. The smallest absolute Gasteiger partial charge is 0.225 e. The summed E-state index contributed by atoms with van der Waals surface area (Å²) in [7, 11) is 0. The Balaban J connectivity index is 1.86. The van der Waals surface area contributed by atoms with Crippen molar-refractivity contribution >= 4 is 50.3 Å². The summed E-state index contributed by atoms with van der Waals surface area (Å²) in [6.45, 7) is 4.84. The van der Waals surface area contributed by atoms with E-state index >= 15 is 0 Å². The van der Waals surface area contributed by atoms with Crippen molar-refractivity contribution in [2.75, 3.05) is 5.32 Å². The Morgan fingerprint density at radius 2 is 2.15 bits per heavy atom. The van der Waals surface area contributed by atoms with Crippen molar-refractivity contribution < 1.29 is 0 Å². The van der Waals surface area contributed by atoms with Crippen LogP contribution in [0.4, 0.5) is 5.82 Å². The fourth-order valence-corrected chi connectivity index (χ4v) is 3.80. The van der Waals surface area contributed by atoms with Gasteiger partial charge in [-0.3, -0.25) is 0 Å². The van der Waals surface area contributed by atoms with Crippen LogP contribution in [0.5, 0.6) is 0 Å². The molecule has 0 aliphatic rings. The highest BCUT2D eigenvalue weighted by atomic mass is 35.5. The first-order valence-electron chi connectivity index (χ1n) is 6.27. The molecule has 0 aromatic carbocycles. The van der Waals surface area contributed by atoms with Crippen LogP contribution in [0.1, 0.15) is 21.7 Å². The Morgan fingerprint density at radius 3 is 2.90 bits per heavy atom. The summed E-state index contributed by atoms with van der Waals surface area (Å²) < 4.78 is 0. The quantitative estimate of drug-likeness (QED) is 0.727. The second kappa shape index (κ2) is 5.63. The summed E-state index contributed by atoms with van der Waals surface area (Å²) in [5.41, 5.74) is 0. The van der Waals surface area contributed by atoms with Crippen LogP contribution in [0.2, 0.25) is 5.28 Å². The molecule has 20 heavy (non-hydrogen) atoms. The van der Waals surface area contributed by atoms with E-state index in [0.717, 1.165) is 27.5 Å². The molecule has 3 aromatic rings. The Hall–Kier alpha value is -1.24. The van der Waals surface area contributed by atoms with E-state index in [2.05, 4.69) is 40.2 Å². The van der Waals surface area contributed by atoms with Crippen LogP contribution in [-0.2, 0) is 13.0 Å². The summed E-state index contributed by atoms with van der Waals surface area (Å²) in [6.07, 6.45) is 2.95. The average molecular weight is 325 g/mol. The fraction of sp³-hybridized carbons (Fsp3) is 0.308. The highest BCUT2D eigenvalue weighted by Crippen LogP contribution is 2.29. The molecule has 0 aliphatic heterocycles. The number of hydrogen-bond acceptors (Lipinski definition) is 6. The van der Waals surface area contributed by atoms with E-state index in [0.29, 0.717) is 6.54 Å². The number of anilines is 1. The third-order valence-electron chi connectivity index (χ3n) is 2.85. The normalized spacial score (nSPS) is 11.2. The summed E-state index contributed by atoms with van der Waals surface area (Å²) in [5, 5.41) is 5.66. The van der Waals surface area contributed by atoms with Gasteiger partial charge in [0.05, 0.1) is 11.9 Å². The van der Waals surface area contributed by atoms with Crippen molar-refractivity contribution in [3.05, 3.63) is 32.3 Å². The van der Waals surface area contributed by atoms with Gasteiger partial charge in [0, 0.05) is 16.0 Å². The first-order chi connectivity index (χ1) is 9.65. The zero-order chi connectivity index (χ0) is 14.1. The standard InChI is InChI=1S/C13H13ClN4S2/c1-3-8-5-15-10(20-8)6-16-11-9-4-7(2)19-12(9)18-13(14)17-11/h4-5H,3,6H2,1-2H3,(H,16,17,18). The number of nitrogens with one attached hydrogen (secondary N) is 1. The van der Waals surface area contributed by atoms with Gasteiger partial charge in [0.1, 0.15) is 15.7 Å². The van der Waals surface area contributed by atoms with E-state index in [4.69, 9.17) is 11.6 Å². The SMILES string of the molecule is CCc1cnc(CNc2nc(Cl)nc3sc(C)cc23)s1. The van der Waals surface area contributed by atoms with E-state index in [-0.39, 0.29) is 5.28 Å². The second-order valence-corrected chi connectivity index (χ2v) is 7.12. The van der Waals surface area contributed by atoms with Crippen molar-refractivity contribution in [3.63, 3.8) is 0 Å². The second-order valence-electron chi connectivity index (χ2n) is 4.34. The van der Waals surface area contributed by atoms with E-state index < -0.39 is 0 Å². The number of aromatic nitrogens is 3. The van der Waals surface area contributed by atoms with Gasteiger partial charge in [0.2, 0.25) is 5.28 Å². The van der Waals surface area contributed by atoms with Gasteiger partial charge in [0.25, 0.3) is 0 Å². The topological polar surface area (TPSA) is 50.7 Å². The Bertz CT molecular complexity index is 750. The van der Waals surface area contributed by atoms with Crippen LogP contribution >= 0.6 is 34.3 Å². The maximum Gasteiger partial charge on any atom is 0.225 e. The molecule has 3 aromatic heterocycles. The number of fused-ring (bicyclic) bond motifs is 1. The molecule has 0 unspecified atom stereocenters. The predicted molar refractivity (Wildman–Crippen MR) is 86.0 cm³/mol. The van der Waals surface area contributed by atoms with Crippen LogP contribution in [0, 0.1) is 6.92 Å². The Labute approximate surface area is 129 Å². The van der Waals surface area contributed by atoms with Crippen molar-refractivity contribution in [1.29, 1.82) is 0 Å². The average Bonchev–Trinajstić information content (AvgIpc) is 3.01. The van der Waals surface area contributed by atoms with E-state index in [1.165, 1.54) is 9.75 Å². The van der Waals surface area contributed by atoms with Crippen molar-refractivity contribution in [2.24, 2.45) is 0 Å². The molecule has 0 atom stereocenters. The molecule has 3 heterocycles. The summed E-state index contributed by atoms with van der Waals surface area (Å²) in [5.74, 6) is 0.776. The highest BCUT2D eigenvalue weighted by molar-refractivity contribution is 7.18. The van der Waals surface area contributed by atoms with Gasteiger partial charge in [-0.1, -0.05) is 6.92 Å². The number of halogens is 1. The van der Waals surface area contributed by atoms with Crippen LogP contribution in [0.25, 0.3) is 10.2 Å². The molecule has 0 saturated heterocycles. The first-order valence-corrected chi connectivity index (χ1v) is 8.28. The molecule has 1 N–H and O–H groups in total. The largest absolute Gasteiger partial charge is 0.363 e. The monoisotopic (exact) mass is 324 g/mol. The molecule has 0 radical (unpaired) electrons. The van der Waals surface area contributed by atoms with Crippen LogP contribution in [-0.4, -0.2) is 15.0 Å². The lowest BCUT2D eigenvalue weighted by Gasteiger charge is -2.04. The van der Waals surface area contributed by atoms with Gasteiger partial charge in [-0.25, -0.2) is 15.0 Å². The zero-order valence-electron chi connectivity index (χ0n) is 11.1. The maximum absolute atomic E-state index is 5.97. The molecule has 7 heteroatoms. The number of hydrogen-bond donors (Lipinski definition) is 1. The molecular weight excluding hydrogens is 312 g/mol. The minimum Gasteiger partial charge on any atom is -0.363 e. The highest BCUT2D eigenvalue weighted by Gasteiger charge is 2.10. The zero-order valence-corrected chi connectivity index (χ0v) is 13.5. The van der Waals surface area contributed by atoms with E-state index in [1.54, 1.807) is 22.7 Å². The minimum absolute atomic E-state index is 0.273. The van der Waals surface area contributed by atoms with Crippen LogP contribution in [0.15, 0.2) is 12.3 Å². The molecule has 0 fully saturated rings.